The maximum atomic E-state index is 10.9. The third-order valence-electron chi connectivity index (χ3n) is 1.83. The van der Waals surface area contributed by atoms with Crippen LogP contribution in [-0.4, -0.2) is 16.8 Å². The van der Waals surface area contributed by atoms with Gasteiger partial charge in [0.05, 0.1) is 11.9 Å². The van der Waals surface area contributed by atoms with Crippen molar-refractivity contribution in [3.63, 3.8) is 0 Å². The Bertz CT molecular complexity index is 242. The van der Waals surface area contributed by atoms with E-state index in [-0.39, 0.29) is 11.9 Å². The number of nitrogens with zero attached hydrogens (tertiary/aromatic N) is 1. The summed E-state index contributed by atoms with van der Waals surface area (Å²) in [5, 5.41) is 0. The quantitative estimate of drug-likeness (QED) is 0.508. The summed E-state index contributed by atoms with van der Waals surface area (Å²) in [6, 6.07) is 0. The van der Waals surface area contributed by atoms with Crippen LogP contribution < -0.4 is 5.73 Å². The first-order chi connectivity index (χ1) is 4.79. The zero-order chi connectivity index (χ0) is 7.14. The molecule has 0 saturated heterocycles. The van der Waals surface area contributed by atoms with E-state index < -0.39 is 0 Å². The van der Waals surface area contributed by atoms with E-state index >= 15 is 0 Å². The zero-order valence-corrected chi connectivity index (χ0v) is 5.45. The average Bonchev–Trinajstić information content (AvgIpc) is 2.41. The van der Waals surface area contributed by atoms with Crippen LogP contribution in [0.3, 0.4) is 0 Å². The van der Waals surface area contributed by atoms with Gasteiger partial charge in [0.2, 0.25) is 5.78 Å². The molecule has 2 aliphatic rings. The predicted molar refractivity (Wildman–Crippen MR) is 36.7 cm³/mol. The largest absolute Gasteiger partial charge is 0.329 e. The lowest BCUT2D eigenvalue weighted by molar-refractivity contribution is -0.111. The van der Waals surface area contributed by atoms with Gasteiger partial charge in [0.15, 0.2) is 0 Å². The van der Waals surface area contributed by atoms with Crippen molar-refractivity contribution < 1.29 is 4.79 Å². The Kier molecular flexibility index (Phi) is 0.964. The normalized spacial score (nSPS) is 29.3. The number of rotatable bonds is 0. The highest BCUT2D eigenvalue weighted by Crippen LogP contribution is 2.24. The SMILES string of the molecule is NC1CC=C2C(=O)C=CN21. The lowest BCUT2D eigenvalue weighted by Gasteiger charge is -2.16. The molecule has 1 unspecified atom stereocenters. The highest BCUT2D eigenvalue weighted by Gasteiger charge is 2.28. The molecule has 2 aliphatic heterocycles. The summed E-state index contributed by atoms with van der Waals surface area (Å²) in [6.07, 6.45) is 5.94. The van der Waals surface area contributed by atoms with Crippen LogP contribution in [-0.2, 0) is 4.79 Å². The summed E-state index contributed by atoms with van der Waals surface area (Å²) in [4.78, 5) is 12.8. The van der Waals surface area contributed by atoms with Crippen LogP contribution in [0.2, 0.25) is 0 Å². The summed E-state index contributed by atoms with van der Waals surface area (Å²) < 4.78 is 0. The van der Waals surface area contributed by atoms with Gasteiger partial charge in [-0.25, -0.2) is 0 Å². The fourth-order valence-electron chi connectivity index (χ4n) is 1.28. The molecular weight excluding hydrogens is 128 g/mol. The van der Waals surface area contributed by atoms with Gasteiger partial charge in [0, 0.05) is 18.7 Å². The molecule has 0 radical (unpaired) electrons. The molecule has 0 saturated carbocycles. The molecule has 0 bridgehead atoms. The van der Waals surface area contributed by atoms with E-state index in [1.165, 1.54) is 0 Å². The Hall–Kier alpha value is -1.09. The maximum Gasteiger partial charge on any atom is 0.203 e. The van der Waals surface area contributed by atoms with E-state index in [1.807, 2.05) is 11.0 Å². The zero-order valence-electron chi connectivity index (χ0n) is 5.45. The Morgan fingerprint density at radius 2 is 2.50 bits per heavy atom. The molecule has 0 aliphatic carbocycles. The molecule has 10 heavy (non-hydrogen) atoms. The summed E-state index contributed by atoms with van der Waals surface area (Å²) in [5.41, 5.74) is 6.40. The van der Waals surface area contributed by atoms with Gasteiger partial charge in [-0.05, 0) is 0 Å². The van der Waals surface area contributed by atoms with Crippen LogP contribution >= 0.6 is 0 Å². The van der Waals surface area contributed by atoms with Gasteiger partial charge in [-0.1, -0.05) is 6.08 Å². The lowest BCUT2D eigenvalue weighted by atomic mass is 10.3. The Morgan fingerprint density at radius 3 is 3.20 bits per heavy atom. The number of carbonyl (C=O) groups is 1. The Morgan fingerprint density at radius 1 is 1.70 bits per heavy atom. The van der Waals surface area contributed by atoms with Gasteiger partial charge in [-0.15, -0.1) is 0 Å². The van der Waals surface area contributed by atoms with Crippen LogP contribution in [0.1, 0.15) is 6.42 Å². The van der Waals surface area contributed by atoms with Gasteiger partial charge < -0.3 is 10.6 Å². The molecule has 0 spiro atoms. The minimum Gasteiger partial charge on any atom is -0.329 e. The van der Waals surface area contributed by atoms with Crippen molar-refractivity contribution >= 4 is 5.78 Å². The van der Waals surface area contributed by atoms with E-state index in [4.69, 9.17) is 5.73 Å². The first kappa shape index (κ1) is 5.68. The van der Waals surface area contributed by atoms with Gasteiger partial charge in [-0.3, -0.25) is 4.79 Å². The molecular formula is C7H8N2O. The number of hydrogen-bond donors (Lipinski definition) is 1. The van der Waals surface area contributed by atoms with Crippen LogP contribution in [0, 0.1) is 0 Å². The molecule has 0 aromatic heterocycles. The fourth-order valence-corrected chi connectivity index (χ4v) is 1.28. The topological polar surface area (TPSA) is 46.3 Å². The third kappa shape index (κ3) is 0.552. The molecule has 3 heteroatoms. The molecule has 1 atom stereocenters. The molecule has 52 valence electrons. The minimum atomic E-state index is -0.0160. The van der Waals surface area contributed by atoms with E-state index in [0.29, 0.717) is 0 Å². The minimum absolute atomic E-state index is 0.0160. The van der Waals surface area contributed by atoms with Crippen molar-refractivity contribution in [2.75, 3.05) is 0 Å². The number of hydrogen-bond acceptors (Lipinski definition) is 3. The van der Waals surface area contributed by atoms with E-state index in [0.717, 1.165) is 12.1 Å². The molecule has 0 aromatic rings. The lowest BCUT2D eigenvalue weighted by Crippen LogP contribution is -2.32. The van der Waals surface area contributed by atoms with Gasteiger partial charge in [0.1, 0.15) is 0 Å². The highest BCUT2D eigenvalue weighted by atomic mass is 16.1. The standard InChI is InChI=1S/C7H8N2O/c8-7-2-1-5-6(10)3-4-9(5)7/h1,3-4,7H,2,8H2. The Labute approximate surface area is 58.8 Å². The average molecular weight is 136 g/mol. The number of fused-ring (bicyclic) bond motifs is 1. The van der Waals surface area contributed by atoms with Crippen molar-refractivity contribution in [2.45, 2.75) is 12.6 Å². The summed E-state index contributed by atoms with van der Waals surface area (Å²) in [6.45, 7) is 0. The van der Waals surface area contributed by atoms with Crippen LogP contribution in [0.4, 0.5) is 0 Å². The summed E-state index contributed by atoms with van der Waals surface area (Å²) in [5.74, 6) is 0.0768. The van der Waals surface area contributed by atoms with Crippen LogP contribution in [0.5, 0.6) is 0 Å². The fraction of sp³-hybridized carbons (Fsp3) is 0.286. The van der Waals surface area contributed by atoms with E-state index in [1.54, 1.807) is 12.3 Å². The number of ketones is 1. The van der Waals surface area contributed by atoms with Crippen LogP contribution in [0.15, 0.2) is 24.0 Å². The van der Waals surface area contributed by atoms with Crippen molar-refractivity contribution in [1.29, 1.82) is 0 Å². The molecule has 0 amide bonds. The molecule has 2 N–H and O–H groups in total. The molecule has 0 fully saturated rings. The predicted octanol–water partition coefficient (Wildman–Crippen LogP) is -0.0428. The van der Waals surface area contributed by atoms with Crippen molar-refractivity contribution in [1.82, 2.24) is 4.90 Å². The molecule has 2 heterocycles. The van der Waals surface area contributed by atoms with Gasteiger partial charge in [-0.2, -0.15) is 0 Å². The van der Waals surface area contributed by atoms with Crippen LogP contribution in [0.25, 0.3) is 0 Å². The van der Waals surface area contributed by atoms with Crippen molar-refractivity contribution in [2.24, 2.45) is 5.73 Å². The molecule has 3 nitrogen and oxygen atoms in total. The number of carbonyl (C=O) groups excluding carboxylic acids is 1. The maximum absolute atomic E-state index is 10.9. The summed E-state index contributed by atoms with van der Waals surface area (Å²) in [7, 11) is 0. The second kappa shape index (κ2) is 1.70. The Balaban J connectivity index is 2.35. The molecule has 0 aromatic carbocycles. The highest BCUT2D eigenvalue weighted by molar-refractivity contribution is 6.06. The van der Waals surface area contributed by atoms with Gasteiger partial charge >= 0.3 is 0 Å². The van der Waals surface area contributed by atoms with Crippen molar-refractivity contribution in [3.8, 4) is 0 Å². The third-order valence-corrected chi connectivity index (χ3v) is 1.83. The second-order valence-electron chi connectivity index (χ2n) is 2.48. The van der Waals surface area contributed by atoms with Gasteiger partial charge in [0.25, 0.3) is 0 Å². The number of allylic oxidation sites excluding steroid dienone is 1. The smallest absolute Gasteiger partial charge is 0.203 e. The monoisotopic (exact) mass is 136 g/mol. The van der Waals surface area contributed by atoms with E-state index in [2.05, 4.69) is 0 Å². The summed E-state index contributed by atoms with van der Waals surface area (Å²) >= 11 is 0. The second-order valence-corrected chi connectivity index (χ2v) is 2.48. The number of nitrogens with two attached hydrogens (primary N) is 1. The first-order valence-electron chi connectivity index (χ1n) is 3.25. The first-order valence-corrected chi connectivity index (χ1v) is 3.25. The van der Waals surface area contributed by atoms with Crippen molar-refractivity contribution in [3.05, 3.63) is 24.0 Å². The van der Waals surface area contributed by atoms with E-state index in [9.17, 15) is 4.79 Å². The molecule has 2 rings (SSSR count).